The lowest BCUT2D eigenvalue weighted by atomic mass is 10.2. The van der Waals surface area contributed by atoms with Crippen LogP contribution in [-0.2, 0) is 4.79 Å². The molecule has 0 aromatic heterocycles. The molecule has 5 heteroatoms. The summed E-state index contributed by atoms with van der Waals surface area (Å²) in [6.45, 7) is 2.67. The van der Waals surface area contributed by atoms with Crippen molar-refractivity contribution in [3.8, 4) is 5.75 Å². The largest absolute Gasteiger partial charge is 0.486 e. The average Bonchev–Trinajstić information content (AvgIpc) is 2.67. The van der Waals surface area contributed by atoms with Gasteiger partial charge in [-0.15, -0.1) is 0 Å². The Hall–Kier alpha value is -1.59. The van der Waals surface area contributed by atoms with Crippen molar-refractivity contribution in [2.45, 2.75) is 19.1 Å². The quantitative estimate of drug-likeness (QED) is 0.708. The number of aliphatic hydroxyl groups excluding tert-OH is 1. The molecule has 0 spiro atoms. The number of ether oxygens (including phenoxy) is 1. The van der Waals surface area contributed by atoms with Gasteiger partial charge in [0, 0.05) is 25.7 Å². The number of benzene rings is 1. The van der Waals surface area contributed by atoms with E-state index in [1.54, 1.807) is 24.3 Å². The Bertz CT molecular complexity index is 391. The van der Waals surface area contributed by atoms with Crippen molar-refractivity contribution < 1.29 is 14.6 Å². The van der Waals surface area contributed by atoms with Crippen LogP contribution in [0, 0.1) is 0 Å². The minimum absolute atomic E-state index is 0.103. The Balaban J connectivity index is 1.95. The van der Waals surface area contributed by atoms with Gasteiger partial charge in [0.05, 0.1) is 0 Å². The van der Waals surface area contributed by atoms with Crippen LogP contribution in [-0.4, -0.2) is 36.3 Å². The van der Waals surface area contributed by atoms with E-state index in [1.807, 2.05) is 0 Å². The minimum Gasteiger partial charge on any atom is -0.486 e. The van der Waals surface area contributed by atoms with E-state index in [4.69, 9.17) is 4.74 Å². The van der Waals surface area contributed by atoms with Crippen LogP contribution in [0.4, 0.5) is 5.69 Å². The molecule has 3 N–H and O–H groups in total. The molecule has 1 heterocycles. The smallest absolute Gasteiger partial charge is 0.221 e. The van der Waals surface area contributed by atoms with Crippen LogP contribution in [0.15, 0.2) is 24.3 Å². The van der Waals surface area contributed by atoms with Crippen LogP contribution < -0.4 is 15.4 Å². The average molecular weight is 236 g/mol. The molecule has 1 amide bonds. The van der Waals surface area contributed by atoms with Gasteiger partial charge < -0.3 is 20.5 Å². The van der Waals surface area contributed by atoms with Gasteiger partial charge in [-0.3, -0.25) is 4.79 Å². The number of β-amino-alcohol motifs (C(OH)–C–C–N with tert-alkyl or cyclic N) is 1. The molecule has 0 saturated carbocycles. The molecule has 0 bridgehead atoms. The number of carbonyl (C=O) groups excluding carboxylic acids is 1. The van der Waals surface area contributed by atoms with E-state index in [-0.39, 0.29) is 12.0 Å². The van der Waals surface area contributed by atoms with Crippen molar-refractivity contribution in [3.63, 3.8) is 0 Å². The van der Waals surface area contributed by atoms with Gasteiger partial charge in [0.2, 0.25) is 5.91 Å². The van der Waals surface area contributed by atoms with E-state index in [1.165, 1.54) is 6.92 Å². The molecule has 1 saturated heterocycles. The summed E-state index contributed by atoms with van der Waals surface area (Å²) in [7, 11) is 0. The summed E-state index contributed by atoms with van der Waals surface area (Å²) < 4.78 is 5.62. The highest BCUT2D eigenvalue weighted by Crippen LogP contribution is 2.18. The van der Waals surface area contributed by atoms with E-state index in [0.717, 1.165) is 5.69 Å². The number of anilines is 1. The lowest BCUT2D eigenvalue weighted by Gasteiger charge is -2.16. The zero-order chi connectivity index (χ0) is 12.3. The summed E-state index contributed by atoms with van der Waals surface area (Å²) in [5.41, 5.74) is 0.731. The van der Waals surface area contributed by atoms with Gasteiger partial charge in [0.1, 0.15) is 18.0 Å². The fourth-order valence-corrected chi connectivity index (χ4v) is 1.76. The third kappa shape index (κ3) is 3.18. The molecular formula is C12H16N2O3. The fraction of sp³-hybridized carbons (Fsp3) is 0.417. The first-order valence-electron chi connectivity index (χ1n) is 5.58. The second-order valence-corrected chi connectivity index (χ2v) is 4.09. The fourth-order valence-electron chi connectivity index (χ4n) is 1.76. The third-order valence-electron chi connectivity index (χ3n) is 2.59. The summed E-state index contributed by atoms with van der Waals surface area (Å²) in [6.07, 6.45) is -0.674. The van der Waals surface area contributed by atoms with Gasteiger partial charge in [0.15, 0.2) is 0 Å². The van der Waals surface area contributed by atoms with Gasteiger partial charge in [0.25, 0.3) is 0 Å². The Kier molecular flexibility index (Phi) is 3.61. The minimum atomic E-state index is -0.468. The molecule has 1 aromatic carbocycles. The Morgan fingerprint density at radius 2 is 2.12 bits per heavy atom. The van der Waals surface area contributed by atoms with Crippen molar-refractivity contribution in [2.24, 2.45) is 0 Å². The van der Waals surface area contributed by atoms with Gasteiger partial charge in [-0.05, 0) is 24.3 Å². The topological polar surface area (TPSA) is 70.6 Å². The number of rotatable bonds is 3. The molecule has 5 nitrogen and oxygen atoms in total. The highest BCUT2D eigenvalue weighted by atomic mass is 16.5. The van der Waals surface area contributed by atoms with Crippen LogP contribution in [0.3, 0.4) is 0 Å². The van der Waals surface area contributed by atoms with E-state index >= 15 is 0 Å². The molecule has 92 valence electrons. The van der Waals surface area contributed by atoms with Crippen LogP contribution in [0.25, 0.3) is 0 Å². The molecule has 0 aliphatic carbocycles. The predicted octanol–water partition coefficient (Wildman–Crippen LogP) is 0.356. The maximum absolute atomic E-state index is 10.8. The molecule has 1 aromatic rings. The standard InChI is InChI=1S/C12H16N2O3/c1-8(15)14-9-2-4-10(5-3-9)17-12-7-13-6-11(12)16/h2-5,11-13,16H,6-7H2,1H3,(H,14,15)/t11-,12-/m0/s1. The van der Waals surface area contributed by atoms with Gasteiger partial charge in [-0.1, -0.05) is 0 Å². The number of aliphatic hydroxyl groups is 1. The van der Waals surface area contributed by atoms with Crippen molar-refractivity contribution in [3.05, 3.63) is 24.3 Å². The Morgan fingerprint density at radius 1 is 1.41 bits per heavy atom. The number of nitrogens with one attached hydrogen (secondary N) is 2. The maximum Gasteiger partial charge on any atom is 0.221 e. The molecule has 2 atom stereocenters. The number of amides is 1. The van der Waals surface area contributed by atoms with Gasteiger partial charge in [-0.2, -0.15) is 0 Å². The molecule has 17 heavy (non-hydrogen) atoms. The molecule has 0 radical (unpaired) electrons. The van der Waals surface area contributed by atoms with E-state index in [0.29, 0.717) is 18.8 Å². The van der Waals surface area contributed by atoms with Crippen molar-refractivity contribution >= 4 is 11.6 Å². The first-order valence-corrected chi connectivity index (χ1v) is 5.58. The van der Waals surface area contributed by atoms with Gasteiger partial charge in [-0.25, -0.2) is 0 Å². The lowest BCUT2D eigenvalue weighted by Crippen LogP contribution is -2.29. The second-order valence-electron chi connectivity index (χ2n) is 4.09. The number of hydrogen-bond donors (Lipinski definition) is 3. The summed E-state index contributed by atoms with van der Waals surface area (Å²) >= 11 is 0. The molecule has 1 aliphatic rings. The van der Waals surface area contributed by atoms with E-state index in [2.05, 4.69) is 10.6 Å². The maximum atomic E-state index is 10.8. The first kappa shape index (κ1) is 11.9. The van der Waals surface area contributed by atoms with Crippen molar-refractivity contribution in [1.82, 2.24) is 5.32 Å². The number of hydrogen-bond acceptors (Lipinski definition) is 4. The van der Waals surface area contributed by atoms with Crippen LogP contribution in [0.2, 0.25) is 0 Å². The zero-order valence-corrected chi connectivity index (χ0v) is 9.64. The SMILES string of the molecule is CC(=O)Nc1ccc(O[C@H]2CNC[C@@H]2O)cc1. The molecule has 1 fully saturated rings. The summed E-state index contributed by atoms with van der Waals surface area (Å²) in [5, 5.41) is 15.3. The third-order valence-corrected chi connectivity index (χ3v) is 2.59. The van der Waals surface area contributed by atoms with Crippen LogP contribution in [0.1, 0.15) is 6.92 Å². The summed E-state index contributed by atoms with van der Waals surface area (Å²) in [4.78, 5) is 10.8. The van der Waals surface area contributed by atoms with E-state index < -0.39 is 6.10 Å². The normalized spacial score (nSPS) is 23.4. The monoisotopic (exact) mass is 236 g/mol. The van der Waals surface area contributed by atoms with Crippen molar-refractivity contribution in [2.75, 3.05) is 18.4 Å². The van der Waals surface area contributed by atoms with Crippen molar-refractivity contribution in [1.29, 1.82) is 0 Å². The molecular weight excluding hydrogens is 220 g/mol. The Morgan fingerprint density at radius 3 is 2.65 bits per heavy atom. The number of carbonyl (C=O) groups is 1. The van der Waals surface area contributed by atoms with E-state index in [9.17, 15) is 9.90 Å². The highest BCUT2D eigenvalue weighted by molar-refractivity contribution is 5.88. The zero-order valence-electron chi connectivity index (χ0n) is 9.64. The molecule has 2 rings (SSSR count). The van der Waals surface area contributed by atoms with Gasteiger partial charge >= 0.3 is 0 Å². The predicted molar refractivity (Wildman–Crippen MR) is 64.0 cm³/mol. The molecule has 0 unspecified atom stereocenters. The van der Waals surface area contributed by atoms with Crippen LogP contribution in [0.5, 0.6) is 5.75 Å². The molecule has 1 aliphatic heterocycles. The van der Waals surface area contributed by atoms with Crippen LogP contribution >= 0.6 is 0 Å². The highest BCUT2D eigenvalue weighted by Gasteiger charge is 2.26. The second kappa shape index (κ2) is 5.16. The Labute approximate surface area is 99.8 Å². The lowest BCUT2D eigenvalue weighted by molar-refractivity contribution is -0.114. The summed E-state index contributed by atoms with van der Waals surface area (Å²) in [5.74, 6) is 0.584. The first-order chi connectivity index (χ1) is 8.15. The summed E-state index contributed by atoms with van der Waals surface area (Å²) in [6, 6.07) is 7.09.